The number of rotatable bonds is 3. The zero-order valence-electron chi connectivity index (χ0n) is 14.4. The molecule has 0 saturated carbocycles. The van der Waals surface area contributed by atoms with E-state index >= 15 is 0 Å². The molecule has 7 nitrogen and oxygen atoms in total. The Labute approximate surface area is 136 Å². The Morgan fingerprint density at radius 2 is 2.13 bits per heavy atom. The van der Waals surface area contributed by atoms with Gasteiger partial charge in [-0.15, -0.1) is 0 Å². The lowest BCUT2D eigenvalue weighted by Gasteiger charge is -2.30. The van der Waals surface area contributed by atoms with Crippen molar-refractivity contribution in [2.75, 3.05) is 13.7 Å². The monoisotopic (exact) mass is 320 g/mol. The lowest BCUT2D eigenvalue weighted by molar-refractivity contribution is 0.0223. The molecule has 0 bridgehead atoms. The minimum Gasteiger partial charge on any atom is -0.444 e. The van der Waals surface area contributed by atoms with Crippen LogP contribution in [-0.4, -0.2) is 46.2 Å². The summed E-state index contributed by atoms with van der Waals surface area (Å²) in [6, 6.07) is 0. The summed E-state index contributed by atoms with van der Waals surface area (Å²) < 4.78 is 5.45. The third-order valence-corrected chi connectivity index (χ3v) is 3.40. The second-order valence-electron chi connectivity index (χ2n) is 6.58. The Morgan fingerprint density at radius 3 is 2.70 bits per heavy atom. The topological polar surface area (TPSA) is 79.8 Å². The molecular weight excluding hydrogens is 296 g/mol. The molecule has 0 saturated heterocycles. The van der Waals surface area contributed by atoms with E-state index in [1.165, 1.54) is 7.11 Å². The number of aromatic amines is 1. The number of oxime groups is 1. The minimum atomic E-state index is -0.517. The van der Waals surface area contributed by atoms with Crippen LogP contribution in [0.2, 0.25) is 0 Å². The Bertz CT molecular complexity index is 640. The maximum atomic E-state index is 12.3. The van der Waals surface area contributed by atoms with Gasteiger partial charge in [0.05, 0.1) is 6.54 Å². The van der Waals surface area contributed by atoms with Gasteiger partial charge in [0.15, 0.2) is 0 Å². The van der Waals surface area contributed by atoms with Gasteiger partial charge in [-0.3, -0.25) is 5.10 Å². The number of allylic oxidation sites excluding steroid dienone is 1. The molecule has 0 atom stereocenters. The van der Waals surface area contributed by atoms with Crippen molar-refractivity contribution < 1.29 is 14.4 Å². The van der Waals surface area contributed by atoms with Gasteiger partial charge in [0.1, 0.15) is 24.1 Å². The first-order valence-corrected chi connectivity index (χ1v) is 7.54. The van der Waals surface area contributed by atoms with Crippen LogP contribution in [-0.2, 0) is 22.5 Å². The van der Waals surface area contributed by atoms with Crippen LogP contribution in [0.3, 0.4) is 0 Å². The number of amides is 1. The van der Waals surface area contributed by atoms with E-state index in [1.807, 2.05) is 27.7 Å². The molecule has 0 aliphatic carbocycles. The van der Waals surface area contributed by atoms with Crippen molar-refractivity contribution in [1.29, 1.82) is 0 Å². The van der Waals surface area contributed by atoms with E-state index in [4.69, 9.17) is 9.57 Å². The van der Waals surface area contributed by atoms with Crippen molar-refractivity contribution in [3.63, 3.8) is 0 Å². The summed E-state index contributed by atoms with van der Waals surface area (Å²) in [6.45, 7) is 12.3. The van der Waals surface area contributed by atoms with Crippen LogP contribution in [0.5, 0.6) is 0 Å². The summed E-state index contributed by atoms with van der Waals surface area (Å²) in [5, 5.41) is 11.4. The summed E-state index contributed by atoms with van der Waals surface area (Å²) in [4.78, 5) is 18.9. The first-order valence-electron chi connectivity index (χ1n) is 7.54. The van der Waals surface area contributed by atoms with Crippen molar-refractivity contribution in [2.24, 2.45) is 5.16 Å². The lowest BCUT2D eigenvalue weighted by atomic mass is 10.0. The number of nitrogens with zero attached hydrogens (tertiary/aromatic N) is 3. The van der Waals surface area contributed by atoms with Crippen molar-refractivity contribution in [3.05, 3.63) is 29.1 Å². The van der Waals surface area contributed by atoms with Crippen LogP contribution < -0.4 is 0 Å². The third kappa shape index (κ3) is 3.91. The van der Waals surface area contributed by atoms with Crippen molar-refractivity contribution >= 4 is 11.8 Å². The van der Waals surface area contributed by atoms with Crippen molar-refractivity contribution in [3.8, 4) is 0 Å². The average Bonchev–Trinajstić information content (AvgIpc) is 2.85. The fourth-order valence-electron chi connectivity index (χ4n) is 2.39. The molecule has 0 spiro atoms. The summed E-state index contributed by atoms with van der Waals surface area (Å²) >= 11 is 0. The Hall–Kier alpha value is -2.31. The molecule has 2 heterocycles. The largest absolute Gasteiger partial charge is 0.444 e. The summed E-state index contributed by atoms with van der Waals surface area (Å²) in [6.07, 6.45) is 0.369. The highest BCUT2D eigenvalue weighted by atomic mass is 16.6. The number of fused-ring (bicyclic) bond motifs is 1. The molecule has 23 heavy (non-hydrogen) atoms. The van der Waals surface area contributed by atoms with Gasteiger partial charge in [-0.1, -0.05) is 11.7 Å². The molecule has 0 unspecified atom stereocenters. The highest BCUT2D eigenvalue weighted by Crippen LogP contribution is 2.24. The number of nitrogens with one attached hydrogen (secondary N) is 1. The van der Waals surface area contributed by atoms with Gasteiger partial charge < -0.3 is 14.5 Å². The maximum absolute atomic E-state index is 12.3. The molecule has 1 aliphatic rings. The summed E-state index contributed by atoms with van der Waals surface area (Å²) in [5.41, 5.74) is 3.41. The molecule has 0 radical (unpaired) electrons. The molecule has 1 aromatic rings. The summed E-state index contributed by atoms with van der Waals surface area (Å²) in [7, 11) is 1.48. The smallest absolute Gasteiger partial charge is 0.410 e. The maximum Gasteiger partial charge on any atom is 0.410 e. The molecule has 1 aliphatic heterocycles. The van der Waals surface area contributed by atoms with Crippen molar-refractivity contribution in [1.82, 2.24) is 15.1 Å². The number of carbonyl (C=O) groups is 1. The zero-order valence-corrected chi connectivity index (χ0v) is 14.4. The van der Waals surface area contributed by atoms with Gasteiger partial charge in [-0.2, -0.15) is 5.10 Å². The highest BCUT2D eigenvalue weighted by Gasteiger charge is 2.30. The van der Waals surface area contributed by atoms with E-state index in [-0.39, 0.29) is 6.09 Å². The van der Waals surface area contributed by atoms with Crippen LogP contribution in [0.15, 0.2) is 17.3 Å². The lowest BCUT2D eigenvalue weighted by Crippen LogP contribution is -2.40. The fraction of sp³-hybridized carbons (Fsp3) is 0.562. The van der Waals surface area contributed by atoms with E-state index in [1.54, 1.807) is 4.90 Å². The van der Waals surface area contributed by atoms with Crippen LogP contribution in [0, 0.1) is 0 Å². The molecule has 0 fully saturated rings. The van der Waals surface area contributed by atoms with Gasteiger partial charge in [-0.05, 0) is 33.3 Å². The van der Waals surface area contributed by atoms with E-state index in [2.05, 4.69) is 21.9 Å². The molecule has 126 valence electrons. The SMILES string of the molecule is C=C(C)/C(=N\OC)c1n[nH]c2c1CN(C(=O)OC(C)(C)C)CC2. The number of hydrogen-bond acceptors (Lipinski definition) is 5. The first-order chi connectivity index (χ1) is 10.7. The number of aromatic nitrogens is 2. The number of ether oxygens (including phenoxy) is 1. The minimum absolute atomic E-state index is 0.323. The van der Waals surface area contributed by atoms with E-state index in [0.717, 1.165) is 16.8 Å². The predicted molar refractivity (Wildman–Crippen MR) is 87.3 cm³/mol. The highest BCUT2D eigenvalue weighted by molar-refractivity contribution is 6.11. The van der Waals surface area contributed by atoms with Gasteiger partial charge in [0.25, 0.3) is 0 Å². The molecule has 1 N–H and O–H groups in total. The standard InChI is InChI=1S/C16H24N4O3/c1-10(2)13(19-22-6)14-11-9-20(8-7-12(11)17-18-14)15(21)23-16(3,4)5/h1,7-9H2,2-6H3,(H,17,18)/b19-13+. The second kappa shape index (κ2) is 6.44. The number of H-pyrrole nitrogens is 1. The normalized spacial score (nSPS) is 15.2. The quantitative estimate of drug-likeness (QED) is 0.686. The van der Waals surface area contributed by atoms with Crippen LogP contribution in [0.4, 0.5) is 4.79 Å². The zero-order chi connectivity index (χ0) is 17.2. The average molecular weight is 320 g/mol. The first kappa shape index (κ1) is 17.1. The van der Waals surface area contributed by atoms with Gasteiger partial charge in [-0.25, -0.2) is 4.79 Å². The van der Waals surface area contributed by atoms with Gasteiger partial charge >= 0.3 is 6.09 Å². The molecule has 7 heteroatoms. The van der Waals surface area contributed by atoms with E-state index in [9.17, 15) is 4.79 Å². The van der Waals surface area contributed by atoms with Crippen LogP contribution in [0.1, 0.15) is 44.6 Å². The second-order valence-corrected chi connectivity index (χ2v) is 6.58. The van der Waals surface area contributed by atoms with Gasteiger partial charge in [0.2, 0.25) is 0 Å². The number of hydrogen-bond donors (Lipinski definition) is 1. The molecular formula is C16H24N4O3. The molecule has 1 amide bonds. The fourth-order valence-corrected chi connectivity index (χ4v) is 2.39. The number of carbonyl (C=O) groups excluding carboxylic acids is 1. The Balaban J connectivity index is 2.26. The van der Waals surface area contributed by atoms with Crippen molar-refractivity contribution in [2.45, 2.75) is 46.3 Å². The Morgan fingerprint density at radius 1 is 1.43 bits per heavy atom. The molecule has 0 aromatic carbocycles. The van der Waals surface area contributed by atoms with E-state index in [0.29, 0.717) is 30.9 Å². The predicted octanol–water partition coefficient (Wildman–Crippen LogP) is 2.63. The molecule has 2 rings (SSSR count). The van der Waals surface area contributed by atoms with Crippen LogP contribution in [0.25, 0.3) is 0 Å². The third-order valence-electron chi connectivity index (χ3n) is 3.40. The molecule has 1 aromatic heterocycles. The van der Waals surface area contributed by atoms with Gasteiger partial charge in [0, 0.05) is 24.2 Å². The summed E-state index contributed by atoms with van der Waals surface area (Å²) in [5.74, 6) is 0. The van der Waals surface area contributed by atoms with E-state index < -0.39 is 5.60 Å². The van der Waals surface area contributed by atoms with Crippen LogP contribution >= 0.6 is 0 Å². The Kier molecular flexibility index (Phi) is 4.77.